The molecule has 114 valence electrons. The summed E-state index contributed by atoms with van der Waals surface area (Å²) in [5.41, 5.74) is 7.24. The fourth-order valence-corrected chi connectivity index (χ4v) is 2.83. The van der Waals surface area contributed by atoms with Crippen LogP contribution in [0.4, 0.5) is 0 Å². The van der Waals surface area contributed by atoms with Gasteiger partial charge in [0.15, 0.2) is 6.61 Å². The Balaban J connectivity index is 2.05. The topological polar surface area (TPSA) is 85.2 Å². The normalized spacial score (nSPS) is 14.6. The van der Waals surface area contributed by atoms with Gasteiger partial charge < -0.3 is 15.5 Å². The fraction of sp³-hybridized carbons (Fsp3) is 0.294. The molecule has 0 bridgehead atoms. The first-order valence-electron chi connectivity index (χ1n) is 7.41. The summed E-state index contributed by atoms with van der Waals surface area (Å²) in [6.45, 7) is -0.200. The number of ether oxygens (including phenoxy) is 1. The van der Waals surface area contributed by atoms with Crippen LogP contribution in [0.3, 0.4) is 0 Å². The molecule has 5 nitrogen and oxygen atoms in total. The zero-order valence-electron chi connectivity index (χ0n) is 12.2. The molecule has 1 heterocycles. The molecule has 1 aliphatic rings. The number of hydrogen-bond acceptors (Lipinski definition) is 3. The van der Waals surface area contributed by atoms with Gasteiger partial charge in [-0.1, -0.05) is 6.08 Å². The lowest BCUT2D eigenvalue weighted by molar-refractivity contribution is -0.119. The average molecular weight is 298 g/mol. The second-order valence-electron chi connectivity index (χ2n) is 5.47. The first-order valence-corrected chi connectivity index (χ1v) is 7.41. The van der Waals surface area contributed by atoms with Crippen LogP contribution in [0.2, 0.25) is 0 Å². The SMILES string of the molecule is NC(=O)COc1ccc2c(C3=CCCCC3)c[nH]c(=O)c2c1. The molecule has 0 saturated carbocycles. The third kappa shape index (κ3) is 2.88. The van der Waals surface area contributed by atoms with E-state index >= 15 is 0 Å². The van der Waals surface area contributed by atoms with Crippen molar-refractivity contribution in [2.75, 3.05) is 6.61 Å². The number of nitrogens with one attached hydrogen (secondary N) is 1. The van der Waals surface area contributed by atoms with Gasteiger partial charge in [0.05, 0.1) is 5.39 Å². The van der Waals surface area contributed by atoms with Gasteiger partial charge in [-0.2, -0.15) is 0 Å². The number of carbonyl (C=O) groups excluding carboxylic acids is 1. The molecule has 0 saturated heterocycles. The lowest BCUT2D eigenvalue weighted by Gasteiger charge is -2.15. The Bertz CT molecular complexity index is 805. The first-order chi connectivity index (χ1) is 10.6. The number of aromatic amines is 1. The number of benzene rings is 1. The summed E-state index contributed by atoms with van der Waals surface area (Å²) < 4.78 is 5.27. The van der Waals surface area contributed by atoms with Gasteiger partial charge in [-0.25, -0.2) is 0 Å². The second kappa shape index (κ2) is 6.05. The molecule has 0 spiro atoms. The van der Waals surface area contributed by atoms with E-state index in [4.69, 9.17) is 10.5 Å². The van der Waals surface area contributed by atoms with E-state index in [9.17, 15) is 9.59 Å². The van der Waals surface area contributed by atoms with Crippen LogP contribution >= 0.6 is 0 Å². The predicted molar refractivity (Wildman–Crippen MR) is 85.7 cm³/mol. The Labute approximate surface area is 127 Å². The van der Waals surface area contributed by atoms with Crippen molar-refractivity contribution in [3.8, 4) is 5.75 Å². The molecule has 22 heavy (non-hydrogen) atoms. The highest BCUT2D eigenvalue weighted by Gasteiger charge is 2.12. The van der Waals surface area contributed by atoms with E-state index in [1.807, 2.05) is 6.07 Å². The minimum Gasteiger partial charge on any atom is -0.484 e. The number of pyridine rings is 1. The molecule has 0 atom stereocenters. The zero-order chi connectivity index (χ0) is 15.5. The van der Waals surface area contributed by atoms with Gasteiger partial charge in [-0.05, 0) is 54.8 Å². The zero-order valence-corrected chi connectivity index (χ0v) is 12.2. The predicted octanol–water partition coefficient (Wildman–Crippen LogP) is 2.35. The third-order valence-corrected chi connectivity index (χ3v) is 3.89. The Morgan fingerprint density at radius 3 is 2.86 bits per heavy atom. The number of aromatic nitrogens is 1. The molecule has 1 aromatic carbocycles. The van der Waals surface area contributed by atoms with Crippen molar-refractivity contribution in [1.82, 2.24) is 4.98 Å². The summed E-state index contributed by atoms with van der Waals surface area (Å²) in [5.74, 6) is -0.0818. The van der Waals surface area contributed by atoms with E-state index in [1.54, 1.807) is 18.3 Å². The number of fused-ring (bicyclic) bond motifs is 1. The van der Waals surface area contributed by atoms with Gasteiger partial charge in [0.1, 0.15) is 5.75 Å². The lowest BCUT2D eigenvalue weighted by Crippen LogP contribution is -2.20. The number of amides is 1. The summed E-state index contributed by atoms with van der Waals surface area (Å²) >= 11 is 0. The fourth-order valence-electron chi connectivity index (χ4n) is 2.83. The van der Waals surface area contributed by atoms with Crippen LogP contribution in [0.15, 0.2) is 35.3 Å². The minimum absolute atomic E-state index is 0.167. The largest absolute Gasteiger partial charge is 0.484 e. The molecule has 1 amide bonds. The lowest BCUT2D eigenvalue weighted by atomic mass is 9.92. The van der Waals surface area contributed by atoms with E-state index in [0.29, 0.717) is 11.1 Å². The van der Waals surface area contributed by atoms with Gasteiger partial charge in [0.25, 0.3) is 11.5 Å². The number of rotatable bonds is 4. The Kier molecular flexibility index (Phi) is 3.96. The van der Waals surface area contributed by atoms with E-state index in [2.05, 4.69) is 11.1 Å². The monoisotopic (exact) mass is 298 g/mol. The minimum atomic E-state index is -0.546. The molecular weight excluding hydrogens is 280 g/mol. The van der Waals surface area contributed by atoms with Crippen molar-refractivity contribution in [2.45, 2.75) is 25.7 Å². The molecule has 3 rings (SSSR count). The molecule has 0 fully saturated rings. The van der Waals surface area contributed by atoms with Crippen LogP contribution in [0.25, 0.3) is 16.3 Å². The number of primary amides is 1. The van der Waals surface area contributed by atoms with Crippen LogP contribution < -0.4 is 16.0 Å². The molecule has 0 radical (unpaired) electrons. The quantitative estimate of drug-likeness (QED) is 0.908. The van der Waals surface area contributed by atoms with Crippen molar-refractivity contribution in [3.63, 3.8) is 0 Å². The van der Waals surface area contributed by atoms with Gasteiger partial charge in [0.2, 0.25) is 0 Å². The summed E-state index contributed by atoms with van der Waals surface area (Å²) in [6.07, 6.45) is 8.53. The van der Waals surface area contributed by atoms with Crippen molar-refractivity contribution in [3.05, 3.63) is 46.4 Å². The smallest absolute Gasteiger partial charge is 0.255 e. The number of H-pyrrole nitrogens is 1. The maximum atomic E-state index is 12.1. The molecule has 1 aromatic heterocycles. The van der Waals surface area contributed by atoms with Crippen LogP contribution in [0.5, 0.6) is 5.75 Å². The van der Waals surface area contributed by atoms with Gasteiger partial charge in [-0.3, -0.25) is 9.59 Å². The highest BCUT2D eigenvalue weighted by Crippen LogP contribution is 2.31. The van der Waals surface area contributed by atoms with Crippen LogP contribution in [-0.2, 0) is 4.79 Å². The highest BCUT2D eigenvalue weighted by molar-refractivity contribution is 5.93. The maximum Gasteiger partial charge on any atom is 0.255 e. The van der Waals surface area contributed by atoms with Crippen LogP contribution in [-0.4, -0.2) is 17.5 Å². The summed E-state index contributed by atoms with van der Waals surface area (Å²) in [5, 5.41) is 1.47. The van der Waals surface area contributed by atoms with Crippen LogP contribution in [0, 0.1) is 0 Å². The molecule has 5 heteroatoms. The van der Waals surface area contributed by atoms with Gasteiger partial charge >= 0.3 is 0 Å². The van der Waals surface area contributed by atoms with Gasteiger partial charge in [0, 0.05) is 11.8 Å². The van der Waals surface area contributed by atoms with Crippen molar-refractivity contribution < 1.29 is 9.53 Å². The average Bonchev–Trinajstić information content (AvgIpc) is 2.54. The first kappa shape index (κ1) is 14.4. The standard InChI is InChI=1S/C17H18N2O3/c18-16(20)10-22-12-6-7-13-14(8-12)17(21)19-9-15(13)11-4-2-1-3-5-11/h4,6-9H,1-3,5,10H2,(H2,18,20)(H,19,21). The second-order valence-corrected chi connectivity index (χ2v) is 5.47. The highest BCUT2D eigenvalue weighted by atomic mass is 16.5. The van der Waals surface area contributed by atoms with E-state index in [0.717, 1.165) is 23.8 Å². The van der Waals surface area contributed by atoms with E-state index in [1.165, 1.54) is 18.4 Å². The maximum absolute atomic E-state index is 12.1. The molecule has 2 aromatic rings. The molecule has 3 N–H and O–H groups in total. The Morgan fingerprint density at radius 1 is 1.27 bits per heavy atom. The van der Waals surface area contributed by atoms with Crippen molar-refractivity contribution in [1.29, 1.82) is 0 Å². The summed E-state index contributed by atoms with van der Waals surface area (Å²) in [4.78, 5) is 25.7. The van der Waals surface area contributed by atoms with Gasteiger partial charge in [-0.15, -0.1) is 0 Å². The number of allylic oxidation sites excluding steroid dienone is 2. The summed E-state index contributed by atoms with van der Waals surface area (Å²) in [7, 11) is 0. The molecule has 0 unspecified atom stereocenters. The number of nitrogens with two attached hydrogens (primary N) is 1. The van der Waals surface area contributed by atoms with Crippen LogP contribution in [0.1, 0.15) is 31.2 Å². The van der Waals surface area contributed by atoms with Crippen molar-refractivity contribution >= 4 is 22.3 Å². The molecule has 0 aliphatic heterocycles. The number of hydrogen-bond donors (Lipinski definition) is 2. The van der Waals surface area contributed by atoms with E-state index in [-0.39, 0.29) is 12.2 Å². The Hall–Kier alpha value is -2.56. The van der Waals surface area contributed by atoms with E-state index < -0.39 is 5.91 Å². The third-order valence-electron chi connectivity index (χ3n) is 3.89. The molecule has 1 aliphatic carbocycles. The summed E-state index contributed by atoms with van der Waals surface area (Å²) in [6, 6.07) is 5.28. The number of carbonyl (C=O) groups is 1. The Morgan fingerprint density at radius 2 is 2.14 bits per heavy atom. The van der Waals surface area contributed by atoms with Crippen molar-refractivity contribution in [2.24, 2.45) is 5.73 Å². The molecular formula is C17H18N2O3.